The number of rotatable bonds is 8. The first-order valence-electron chi connectivity index (χ1n) is 15.5. The molecule has 46 heavy (non-hydrogen) atoms. The molecule has 12 heteroatoms. The molecule has 2 unspecified atom stereocenters. The van der Waals surface area contributed by atoms with E-state index >= 15 is 0 Å². The molecule has 1 fully saturated rings. The maximum absolute atomic E-state index is 13.4. The summed E-state index contributed by atoms with van der Waals surface area (Å²) < 4.78 is 4.73. The normalized spacial score (nSPS) is 15.5. The number of H-pyrrole nitrogens is 2. The molecule has 242 valence electrons. The summed E-state index contributed by atoms with van der Waals surface area (Å²) in [6, 6.07) is 15.1. The summed E-state index contributed by atoms with van der Waals surface area (Å²) in [5, 5.41) is 8.26. The Bertz CT molecular complexity index is 1670. The zero-order chi connectivity index (χ0) is 33.0. The number of likely N-dealkylation sites (tertiary alicyclic amines) is 1. The van der Waals surface area contributed by atoms with E-state index < -0.39 is 12.1 Å². The van der Waals surface area contributed by atoms with Crippen LogP contribution in [0.5, 0.6) is 0 Å². The Hall–Kier alpha value is -5.13. The fraction of sp³-hybridized carbons (Fsp3) is 0.382. The number of ether oxygens (including phenoxy) is 1. The first kappa shape index (κ1) is 32.3. The molecule has 4 amide bonds. The van der Waals surface area contributed by atoms with Gasteiger partial charge in [-0.1, -0.05) is 62.4 Å². The fourth-order valence-corrected chi connectivity index (χ4v) is 5.54. The fourth-order valence-electron chi connectivity index (χ4n) is 5.54. The van der Waals surface area contributed by atoms with Crippen molar-refractivity contribution in [3.8, 4) is 33.6 Å². The number of nitrogens with zero attached hydrogens (tertiary/aromatic N) is 3. The van der Waals surface area contributed by atoms with Crippen molar-refractivity contribution >= 4 is 24.0 Å². The van der Waals surface area contributed by atoms with Crippen LogP contribution in [0, 0.1) is 5.92 Å². The number of alkyl carbamates (subject to hydrolysis) is 1. The van der Waals surface area contributed by atoms with Crippen LogP contribution in [0.1, 0.15) is 59.3 Å². The van der Waals surface area contributed by atoms with Gasteiger partial charge in [-0.25, -0.2) is 19.6 Å². The Morgan fingerprint density at radius 2 is 1.46 bits per heavy atom. The van der Waals surface area contributed by atoms with Crippen molar-refractivity contribution in [2.75, 3.05) is 19.0 Å². The van der Waals surface area contributed by atoms with Gasteiger partial charge in [0, 0.05) is 12.1 Å². The van der Waals surface area contributed by atoms with Crippen LogP contribution in [0.25, 0.3) is 33.6 Å². The lowest BCUT2D eigenvalue weighted by atomic mass is 10.0. The van der Waals surface area contributed by atoms with Crippen molar-refractivity contribution in [1.82, 2.24) is 35.5 Å². The molecule has 0 spiro atoms. The third-order valence-electron chi connectivity index (χ3n) is 7.86. The Kier molecular flexibility index (Phi) is 9.45. The van der Waals surface area contributed by atoms with Gasteiger partial charge in [-0.05, 0) is 61.8 Å². The highest BCUT2D eigenvalue weighted by molar-refractivity contribution is 5.88. The van der Waals surface area contributed by atoms with Crippen molar-refractivity contribution in [2.45, 2.75) is 65.1 Å². The topological polar surface area (TPSA) is 157 Å². The lowest BCUT2D eigenvalue weighted by Crippen LogP contribution is -2.51. The van der Waals surface area contributed by atoms with Crippen LogP contribution >= 0.6 is 0 Å². The molecule has 2 aromatic heterocycles. The molecule has 2 atom stereocenters. The number of aromatic amines is 2. The third-order valence-corrected chi connectivity index (χ3v) is 7.86. The number of imidazole rings is 2. The third kappa shape index (κ3) is 7.56. The van der Waals surface area contributed by atoms with E-state index in [1.54, 1.807) is 17.3 Å². The van der Waals surface area contributed by atoms with Gasteiger partial charge in [0.05, 0.1) is 36.9 Å². The van der Waals surface area contributed by atoms with Gasteiger partial charge in [-0.3, -0.25) is 10.1 Å². The van der Waals surface area contributed by atoms with E-state index in [1.165, 1.54) is 7.11 Å². The first-order valence-corrected chi connectivity index (χ1v) is 15.5. The van der Waals surface area contributed by atoms with Crippen LogP contribution in [-0.2, 0) is 9.53 Å². The first-order chi connectivity index (χ1) is 21.9. The van der Waals surface area contributed by atoms with Gasteiger partial charge in [0.2, 0.25) is 11.9 Å². The molecule has 1 saturated heterocycles. The van der Waals surface area contributed by atoms with E-state index in [4.69, 9.17) is 4.74 Å². The van der Waals surface area contributed by atoms with Gasteiger partial charge in [0.15, 0.2) is 0 Å². The number of methoxy groups -OCH3 is 1. The maximum Gasteiger partial charge on any atom is 0.407 e. The second kappa shape index (κ2) is 13.5. The summed E-state index contributed by atoms with van der Waals surface area (Å²) >= 11 is 0. The minimum atomic E-state index is -0.676. The minimum Gasteiger partial charge on any atom is -0.453 e. The second-order valence-corrected chi connectivity index (χ2v) is 12.9. The summed E-state index contributed by atoms with van der Waals surface area (Å²) in [6.45, 7) is 10.1. The average Bonchev–Trinajstić information content (AvgIpc) is 3.80. The van der Waals surface area contributed by atoms with E-state index in [0.29, 0.717) is 12.5 Å². The van der Waals surface area contributed by atoms with Crippen molar-refractivity contribution in [3.63, 3.8) is 0 Å². The van der Waals surface area contributed by atoms with Crippen LogP contribution < -0.4 is 16.0 Å². The Morgan fingerprint density at radius 1 is 0.891 bits per heavy atom. The van der Waals surface area contributed by atoms with Crippen molar-refractivity contribution in [2.24, 2.45) is 5.92 Å². The molecular weight excluding hydrogens is 584 g/mol. The summed E-state index contributed by atoms with van der Waals surface area (Å²) in [6.07, 6.45) is 4.52. The lowest BCUT2D eigenvalue weighted by molar-refractivity contribution is -0.135. The monoisotopic (exact) mass is 626 g/mol. The van der Waals surface area contributed by atoms with E-state index in [-0.39, 0.29) is 29.4 Å². The highest BCUT2D eigenvalue weighted by Crippen LogP contribution is 2.33. The molecule has 0 saturated carbocycles. The van der Waals surface area contributed by atoms with Gasteiger partial charge in [-0.2, -0.15) is 0 Å². The molecule has 4 aromatic rings. The molecule has 1 aliphatic heterocycles. The number of carbonyl (C=O) groups is 3. The van der Waals surface area contributed by atoms with Crippen LogP contribution in [0.4, 0.5) is 15.5 Å². The predicted molar refractivity (Wildman–Crippen MR) is 177 cm³/mol. The predicted octanol–water partition coefficient (Wildman–Crippen LogP) is 6.10. The molecule has 2 aromatic carbocycles. The largest absolute Gasteiger partial charge is 0.453 e. The maximum atomic E-state index is 13.4. The summed E-state index contributed by atoms with van der Waals surface area (Å²) in [5.41, 5.74) is 5.36. The molecule has 0 aliphatic carbocycles. The average molecular weight is 627 g/mol. The molecule has 0 bridgehead atoms. The second-order valence-electron chi connectivity index (χ2n) is 12.9. The van der Waals surface area contributed by atoms with Crippen molar-refractivity contribution < 1.29 is 19.1 Å². The van der Waals surface area contributed by atoms with Crippen LogP contribution in [0.3, 0.4) is 0 Å². The standard InChI is InChI=1S/C34H42N8O4/c1-20(2)28(39-33(45)46-6)30(43)42-17-7-8-27(42)29-35-18-25(37-29)23-13-9-21(10-14-23)22-11-15-24(16-12-22)26-19-36-31(38-26)40-32(44)41-34(3,4)5/h9-16,18-20,27-28H,7-8,17H2,1-6H3,(H,35,37)(H,39,45)(H3,36,38,40,41,44). The molecule has 0 radical (unpaired) electrons. The van der Waals surface area contributed by atoms with E-state index in [1.807, 2.05) is 71.0 Å². The molecule has 5 N–H and O–H groups in total. The molecule has 1 aliphatic rings. The number of benzene rings is 2. The molecular formula is C34H42N8O4. The minimum absolute atomic E-state index is 0.0941. The van der Waals surface area contributed by atoms with E-state index in [0.717, 1.165) is 52.3 Å². The number of carbonyl (C=O) groups excluding carboxylic acids is 3. The van der Waals surface area contributed by atoms with Gasteiger partial charge >= 0.3 is 12.1 Å². The zero-order valence-electron chi connectivity index (χ0n) is 27.1. The molecule has 12 nitrogen and oxygen atoms in total. The number of hydrogen-bond donors (Lipinski definition) is 5. The number of nitrogens with one attached hydrogen (secondary N) is 5. The summed E-state index contributed by atoms with van der Waals surface area (Å²) in [5.74, 6) is 0.877. The van der Waals surface area contributed by atoms with Gasteiger partial charge < -0.3 is 30.2 Å². The van der Waals surface area contributed by atoms with Gasteiger partial charge in [0.1, 0.15) is 11.9 Å². The summed E-state index contributed by atoms with van der Waals surface area (Å²) in [4.78, 5) is 54.8. The Balaban J connectivity index is 1.24. The van der Waals surface area contributed by atoms with Crippen LogP contribution in [-0.4, -0.2) is 68.1 Å². The number of urea groups is 1. The lowest BCUT2D eigenvalue weighted by Gasteiger charge is -2.30. The summed E-state index contributed by atoms with van der Waals surface area (Å²) in [7, 11) is 1.29. The number of amides is 4. The smallest absolute Gasteiger partial charge is 0.407 e. The quantitative estimate of drug-likeness (QED) is 0.159. The van der Waals surface area contributed by atoms with Crippen LogP contribution in [0.15, 0.2) is 60.9 Å². The van der Waals surface area contributed by atoms with Gasteiger partial charge in [-0.15, -0.1) is 0 Å². The highest BCUT2D eigenvalue weighted by atomic mass is 16.5. The number of hydrogen-bond acceptors (Lipinski definition) is 6. The van der Waals surface area contributed by atoms with Crippen molar-refractivity contribution in [3.05, 3.63) is 66.7 Å². The number of aromatic nitrogens is 4. The Labute approximate surface area is 268 Å². The highest BCUT2D eigenvalue weighted by Gasteiger charge is 2.37. The number of anilines is 1. The van der Waals surface area contributed by atoms with E-state index in [9.17, 15) is 14.4 Å². The van der Waals surface area contributed by atoms with E-state index in [2.05, 4.69) is 48.0 Å². The van der Waals surface area contributed by atoms with Crippen molar-refractivity contribution in [1.29, 1.82) is 0 Å². The molecule has 5 rings (SSSR count). The van der Waals surface area contributed by atoms with Crippen LogP contribution in [0.2, 0.25) is 0 Å². The SMILES string of the molecule is COC(=O)NC(C(=O)N1CCCC1c1ncc(-c2ccc(-c3ccc(-c4cnc(NC(=O)NC(C)(C)C)[nH]4)cc3)cc2)[nH]1)C(C)C. The Morgan fingerprint density at radius 3 is 2.02 bits per heavy atom. The molecule has 3 heterocycles. The zero-order valence-corrected chi connectivity index (χ0v) is 27.1. The van der Waals surface area contributed by atoms with Gasteiger partial charge in [0.25, 0.3) is 0 Å².